The second-order valence-corrected chi connectivity index (χ2v) is 29.2. The minimum atomic E-state index is -4.98. The summed E-state index contributed by atoms with van der Waals surface area (Å²) in [4.78, 5) is 72.9. The number of phosphoric ester groups is 2. The van der Waals surface area contributed by atoms with Gasteiger partial charge in [-0.3, -0.25) is 37.3 Å². The molecule has 19 heteroatoms. The summed E-state index contributed by atoms with van der Waals surface area (Å²) in [7, 11) is -9.95. The molecule has 578 valence electrons. The van der Waals surface area contributed by atoms with E-state index < -0.39 is 97.5 Å². The van der Waals surface area contributed by atoms with Gasteiger partial charge in [-0.25, -0.2) is 9.13 Å². The predicted octanol–water partition coefficient (Wildman–Crippen LogP) is 22.8. The highest BCUT2D eigenvalue weighted by Gasteiger charge is 2.30. The molecular formula is C81H142O17P2. The number of hydrogen-bond acceptors (Lipinski definition) is 15. The van der Waals surface area contributed by atoms with Gasteiger partial charge >= 0.3 is 39.5 Å². The fourth-order valence-electron chi connectivity index (χ4n) is 10.5. The number of unbranched alkanes of at least 4 members (excludes halogenated alkanes) is 32. The zero-order valence-corrected chi connectivity index (χ0v) is 64.9. The first-order chi connectivity index (χ1) is 48.7. The number of carbonyl (C=O) groups is 4. The van der Waals surface area contributed by atoms with Crippen LogP contribution in [0.3, 0.4) is 0 Å². The molecule has 0 fully saturated rings. The van der Waals surface area contributed by atoms with Crippen molar-refractivity contribution in [3.8, 4) is 0 Å². The van der Waals surface area contributed by atoms with E-state index in [1.807, 2.05) is 0 Å². The summed E-state index contributed by atoms with van der Waals surface area (Å²) in [5.41, 5.74) is 0. The van der Waals surface area contributed by atoms with Gasteiger partial charge in [0.1, 0.15) is 19.3 Å². The minimum absolute atomic E-state index is 0.0762. The number of carbonyl (C=O) groups excluding carboxylic acids is 4. The van der Waals surface area contributed by atoms with E-state index in [0.29, 0.717) is 25.7 Å². The third-order valence-electron chi connectivity index (χ3n) is 16.5. The van der Waals surface area contributed by atoms with Crippen molar-refractivity contribution < 1.29 is 80.2 Å². The summed E-state index contributed by atoms with van der Waals surface area (Å²) in [6, 6.07) is 0. The van der Waals surface area contributed by atoms with Gasteiger partial charge in [0, 0.05) is 25.7 Å². The molecule has 0 aliphatic heterocycles. The van der Waals surface area contributed by atoms with Crippen molar-refractivity contribution in [2.75, 3.05) is 39.6 Å². The third kappa shape index (κ3) is 72.3. The molecular weight excluding hydrogens is 1310 g/mol. The first-order valence-corrected chi connectivity index (χ1v) is 42.5. The van der Waals surface area contributed by atoms with Gasteiger partial charge in [-0.2, -0.15) is 0 Å². The molecule has 0 aromatic carbocycles. The molecule has 100 heavy (non-hydrogen) atoms. The first-order valence-electron chi connectivity index (χ1n) is 39.5. The number of rotatable bonds is 74. The van der Waals surface area contributed by atoms with E-state index in [9.17, 15) is 43.2 Å². The molecule has 0 aromatic rings. The van der Waals surface area contributed by atoms with Gasteiger partial charge in [-0.15, -0.1) is 0 Å². The van der Waals surface area contributed by atoms with E-state index in [1.165, 1.54) is 57.8 Å². The van der Waals surface area contributed by atoms with E-state index in [0.717, 1.165) is 199 Å². The molecule has 0 heterocycles. The SMILES string of the molecule is CC/C=C\C/C=C\C/C=C\CCCCCCCCCC(=O)OCC(COP(=O)(O)OCC(O)COP(=O)(O)OCC(COC(=O)CCCCCCCC/C=C\C/C=C\C/C=C\CCCCC)OC(=O)CCCCCCC/C=C\C/C=C\CCC)OC(=O)CCCCCCCCCCCCC. The molecule has 0 amide bonds. The normalized spacial score (nSPS) is 14.4. The molecule has 17 nitrogen and oxygen atoms in total. The number of aliphatic hydroxyl groups excluding tert-OH is 1. The summed E-state index contributed by atoms with van der Waals surface area (Å²) in [6.45, 7) is 4.66. The van der Waals surface area contributed by atoms with Crippen molar-refractivity contribution >= 4 is 39.5 Å². The fraction of sp³-hybridized carbons (Fsp3) is 0.753. The summed E-state index contributed by atoms with van der Waals surface area (Å²) >= 11 is 0. The standard InChI is InChI=1S/C81H142O17P2/c1-5-9-13-17-21-25-29-32-34-36-37-39-41-44-47-50-54-58-62-66-79(84)92-72-77(98-81(86)68-64-60-56-52-48-42-31-27-23-19-15-11-7-3)74-96-100(89,90)94-70-75(82)69-93-99(87,88)95-73-76(97-80(85)67-63-59-55-51-45-28-24-20-16-12-8-4)71-91-78(83)65-61-57-53-49-46-43-40-38-35-33-30-26-22-18-14-10-6-2/h10,14-15,19,21-22,25-27,31-35,37,39,75-77,82H,5-9,11-13,16-18,20,23-24,28-30,36,38,40-74H2,1-4H3,(H,87,88)(H,89,90)/b14-10-,19-15-,25-21-,26-22-,31-27-,34-32-,35-33-,39-37-. The van der Waals surface area contributed by atoms with Crippen LogP contribution >= 0.6 is 15.6 Å². The highest BCUT2D eigenvalue weighted by Crippen LogP contribution is 2.45. The highest BCUT2D eigenvalue weighted by molar-refractivity contribution is 7.47. The maximum atomic E-state index is 13.1. The van der Waals surface area contributed by atoms with Gasteiger partial charge < -0.3 is 33.8 Å². The highest BCUT2D eigenvalue weighted by atomic mass is 31.2. The molecule has 0 radical (unpaired) electrons. The molecule has 0 spiro atoms. The van der Waals surface area contributed by atoms with Gasteiger partial charge in [-0.05, 0) is 122 Å². The molecule has 0 aliphatic rings. The largest absolute Gasteiger partial charge is 0.472 e. The fourth-order valence-corrected chi connectivity index (χ4v) is 12.1. The van der Waals surface area contributed by atoms with Crippen molar-refractivity contribution in [1.82, 2.24) is 0 Å². The summed E-state index contributed by atoms with van der Waals surface area (Å²) in [6.07, 6.45) is 76.7. The molecule has 0 saturated carbocycles. The van der Waals surface area contributed by atoms with E-state index >= 15 is 0 Å². The van der Waals surface area contributed by atoms with E-state index in [4.69, 9.17) is 37.0 Å². The van der Waals surface area contributed by atoms with E-state index in [2.05, 4.69) is 125 Å². The molecule has 0 rings (SSSR count). The number of ether oxygens (including phenoxy) is 4. The van der Waals surface area contributed by atoms with Crippen LogP contribution in [0.2, 0.25) is 0 Å². The van der Waals surface area contributed by atoms with Gasteiger partial charge in [0.25, 0.3) is 0 Å². The lowest BCUT2D eigenvalue weighted by atomic mass is 10.1. The Kier molecular flexibility index (Phi) is 70.4. The number of esters is 4. The lowest BCUT2D eigenvalue weighted by Gasteiger charge is -2.21. The lowest BCUT2D eigenvalue weighted by Crippen LogP contribution is -2.30. The minimum Gasteiger partial charge on any atom is -0.462 e. The van der Waals surface area contributed by atoms with Crippen LogP contribution in [0.4, 0.5) is 0 Å². The Balaban J connectivity index is 5.30. The van der Waals surface area contributed by atoms with Gasteiger partial charge in [0.05, 0.1) is 26.4 Å². The Bertz CT molecular complexity index is 2270. The summed E-state index contributed by atoms with van der Waals surface area (Å²) < 4.78 is 68.5. The molecule has 0 aliphatic carbocycles. The predicted molar refractivity (Wildman–Crippen MR) is 409 cm³/mol. The van der Waals surface area contributed by atoms with Crippen LogP contribution in [0.1, 0.15) is 336 Å². The van der Waals surface area contributed by atoms with E-state index in [1.54, 1.807) is 0 Å². The molecule has 0 bridgehead atoms. The Morgan fingerprint density at radius 1 is 0.290 bits per heavy atom. The maximum absolute atomic E-state index is 13.1. The van der Waals surface area contributed by atoms with Crippen LogP contribution in [-0.4, -0.2) is 96.7 Å². The monoisotopic (exact) mass is 1450 g/mol. The van der Waals surface area contributed by atoms with Gasteiger partial charge in [0.2, 0.25) is 0 Å². The van der Waals surface area contributed by atoms with Crippen LogP contribution in [0.5, 0.6) is 0 Å². The smallest absolute Gasteiger partial charge is 0.462 e. The molecule has 3 N–H and O–H groups in total. The van der Waals surface area contributed by atoms with Crippen LogP contribution in [0.15, 0.2) is 97.2 Å². The number of hydrogen-bond donors (Lipinski definition) is 3. The van der Waals surface area contributed by atoms with Crippen molar-refractivity contribution in [3.63, 3.8) is 0 Å². The second kappa shape index (κ2) is 73.3. The van der Waals surface area contributed by atoms with E-state index in [-0.39, 0.29) is 25.7 Å². The first kappa shape index (κ1) is 96.0. The second-order valence-electron chi connectivity index (χ2n) is 26.3. The number of allylic oxidation sites excluding steroid dienone is 16. The van der Waals surface area contributed by atoms with Crippen molar-refractivity contribution in [1.29, 1.82) is 0 Å². The average molecular weight is 1450 g/mol. The Hall–Kier alpha value is -4.02. The molecule has 5 unspecified atom stereocenters. The van der Waals surface area contributed by atoms with Crippen molar-refractivity contribution in [3.05, 3.63) is 97.2 Å². The zero-order chi connectivity index (χ0) is 73.2. The van der Waals surface area contributed by atoms with Gasteiger partial charge in [0.15, 0.2) is 12.2 Å². The Morgan fingerprint density at radius 3 is 0.860 bits per heavy atom. The summed E-state index contributed by atoms with van der Waals surface area (Å²) in [5, 5.41) is 10.6. The average Bonchev–Trinajstić information content (AvgIpc) is 0.937. The van der Waals surface area contributed by atoms with Crippen molar-refractivity contribution in [2.24, 2.45) is 0 Å². The Labute approximate surface area is 607 Å². The van der Waals surface area contributed by atoms with Crippen molar-refractivity contribution in [2.45, 2.75) is 354 Å². The van der Waals surface area contributed by atoms with Crippen LogP contribution in [0.25, 0.3) is 0 Å². The number of phosphoric acid groups is 2. The Morgan fingerprint density at radius 2 is 0.540 bits per heavy atom. The third-order valence-corrected chi connectivity index (χ3v) is 18.4. The van der Waals surface area contributed by atoms with Crippen LogP contribution < -0.4 is 0 Å². The van der Waals surface area contributed by atoms with Gasteiger partial charge in [-0.1, -0.05) is 285 Å². The summed E-state index contributed by atoms with van der Waals surface area (Å²) in [5.74, 6) is -2.20. The molecule has 0 saturated heterocycles. The number of aliphatic hydroxyl groups is 1. The lowest BCUT2D eigenvalue weighted by molar-refractivity contribution is -0.161. The van der Waals surface area contributed by atoms with Crippen LogP contribution in [-0.2, 0) is 65.4 Å². The maximum Gasteiger partial charge on any atom is 0.472 e. The molecule has 5 atom stereocenters. The van der Waals surface area contributed by atoms with Crippen LogP contribution in [0, 0.1) is 0 Å². The molecule has 0 aromatic heterocycles. The quantitative estimate of drug-likeness (QED) is 0.0169. The topological polar surface area (TPSA) is 237 Å². The zero-order valence-electron chi connectivity index (χ0n) is 63.1.